The molecule has 0 unspecified atom stereocenters. The number of hydrogen-bond donors (Lipinski definition) is 1. The number of benzene rings is 1. The summed E-state index contributed by atoms with van der Waals surface area (Å²) >= 11 is 0. The van der Waals surface area contributed by atoms with Crippen molar-refractivity contribution in [1.82, 2.24) is 4.57 Å². The van der Waals surface area contributed by atoms with E-state index in [9.17, 15) is 23.1 Å². The Balaban J connectivity index is 2.02. The van der Waals surface area contributed by atoms with Gasteiger partial charge < -0.3 is 14.4 Å². The van der Waals surface area contributed by atoms with Gasteiger partial charge in [-0.05, 0) is 42.5 Å². The number of aromatic nitrogens is 1. The summed E-state index contributed by atoms with van der Waals surface area (Å²) in [5, 5.41) is 9.27. The SMILES string of the molecule is C=C1C=Cc2cc(C(=O)O)n(C)c2N1c1ccc(OC(F)(F)F)cc1. The maximum Gasteiger partial charge on any atom is 0.573 e. The highest BCUT2D eigenvalue weighted by Crippen LogP contribution is 2.39. The molecule has 0 atom stereocenters. The van der Waals surface area contributed by atoms with Crippen LogP contribution in [0.15, 0.2) is 48.7 Å². The number of ether oxygens (including phenoxy) is 1. The lowest BCUT2D eigenvalue weighted by molar-refractivity contribution is -0.274. The Labute approximate surface area is 140 Å². The minimum Gasteiger partial charge on any atom is -0.477 e. The van der Waals surface area contributed by atoms with Gasteiger partial charge in [-0.1, -0.05) is 6.58 Å². The van der Waals surface area contributed by atoms with Crippen molar-refractivity contribution in [3.8, 4) is 5.75 Å². The Morgan fingerprint density at radius 1 is 1.20 bits per heavy atom. The molecule has 0 amide bonds. The zero-order valence-electron chi connectivity index (χ0n) is 13.0. The Kier molecular flexibility index (Phi) is 3.82. The molecule has 130 valence electrons. The van der Waals surface area contributed by atoms with Gasteiger partial charge in [-0.15, -0.1) is 13.2 Å². The number of aromatic carboxylic acids is 1. The predicted octanol–water partition coefficient (Wildman–Crippen LogP) is 4.30. The molecule has 2 heterocycles. The minimum absolute atomic E-state index is 0.0892. The quantitative estimate of drug-likeness (QED) is 0.897. The summed E-state index contributed by atoms with van der Waals surface area (Å²) in [4.78, 5) is 13.0. The van der Waals surface area contributed by atoms with Crippen molar-refractivity contribution in [2.24, 2.45) is 7.05 Å². The normalized spacial score (nSPS) is 13.8. The number of hydrogen-bond acceptors (Lipinski definition) is 3. The molecule has 0 aliphatic carbocycles. The van der Waals surface area contributed by atoms with Gasteiger partial charge in [0.05, 0.1) is 0 Å². The number of nitrogens with zero attached hydrogens (tertiary/aromatic N) is 2. The molecular formula is C17H13F3N2O3. The summed E-state index contributed by atoms with van der Waals surface area (Å²) in [6.45, 7) is 3.92. The van der Waals surface area contributed by atoms with Gasteiger partial charge in [-0.3, -0.25) is 4.90 Å². The van der Waals surface area contributed by atoms with Gasteiger partial charge in [0.1, 0.15) is 17.3 Å². The number of rotatable bonds is 3. The van der Waals surface area contributed by atoms with Crippen molar-refractivity contribution < 1.29 is 27.8 Å². The number of alkyl halides is 3. The van der Waals surface area contributed by atoms with Crippen LogP contribution in [0.2, 0.25) is 0 Å². The first-order valence-electron chi connectivity index (χ1n) is 7.13. The van der Waals surface area contributed by atoms with Crippen molar-refractivity contribution >= 4 is 23.6 Å². The van der Waals surface area contributed by atoms with E-state index in [1.807, 2.05) is 0 Å². The first kappa shape index (κ1) is 16.7. The van der Waals surface area contributed by atoms with Crippen LogP contribution in [0, 0.1) is 0 Å². The van der Waals surface area contributed by atoms with Crippen molar-refractivity contribution in [3.63, 3.8) is 0 Å². The van der Waals surface area contributed by atoms with Crippen LogP contribution in [0.4, 0.5) is 24.7 Å². The molecule has 0 bridgehead atoms. The van der Waals surface area contributed by atoms with Crippen molar-refractivity contribution in [2.45, 2.75) is 6.36 Å². The Hall–Kier alpha value is -3.16. The molecule has 1 aliphatic rings. The Bertz CT molecular complexity index is 880. The van der Waals surface area contributed by atoms with Crippen LogP contribution in [-0.2, 0) is 7.05 Å². The van der Waals surface area contributed by atoms with Gasteiger partial charge in [0, 0.05) is 24.0 Å². The molecular weight excluding hydrogens is 337 g/mol. The highest BCUT2D eigenvalue weighted by molar-refractivity contribution is 5.92. The highest BCUT2D eigenvalue weighted by atomic mass is 19.4. The zero-order chi connectivity index (χ0) is 18.4. The number of fused-ring (bicyclic) bond motifs is 1. The van der Waals surface area contributed by atoms with Gasteiger partial charge in [-0.2, -0.15) is 0 Å². The Morgan fingerprint density at radius 2 is 1.84 bits per heavy atom. The van der Waals surface area contributed by atoms with Gasteiger partial charge in [-0.25, -0.2) is 4.79 Å². The fourth-order valence-corrected chi connectivity index (χ4v) is 2.70. The number of carboxylic acid groups (broad SMARTS) is 1. The van der Waals surface area contributed by atoms with Crippen LogP contribution in [-0.4, -0.2) is 22.0 Å². The molecule has 1 aromatic heterocycles. The standard InChI is InChI=1S/C17H13F3N2O3/c1-10-3-4-11-9-14(16(23)24)21(2)15(11)22(10)12-5-7-13(8-6-12)25-17(18,19)20/h3-9H,1H2,2H3,(H,23,24). The fourth-order valence-electron chi connectivity index (χ4n) is 2.70. The van der Waals surface area contributed by atoms with Crippen LogP contribution < -0.4 is 9.64 Å². The third-order valence-electron chi connectivity index (χ3n) is 3.73. The van der Waals surface area contributed by atoms with Crippen molar-refractivity contribution in [1.29, 1.82) is 0 Å². The summed E-state index contributed by atoms with van der Waals surface area (Å²) in [5.74, 6) is -0.855. The fraction of sp³-hybridized carbons (Fsp3) is 0.118. The average Bonchev–Trinajstić information content (AvgIpc) is 2.84. The predicted molar refractivity (Wildman–Crippen MR) is 85.8 cm³/mol. The van der Waals surface area contributed by atoms with Crippen molar-refractivity contribution in [3.05, 3.63) is 59.9 Å². The number of allylic oxidation sites excluding steroid dienone is 1. The van der Waals surface area contributed by atoms with Gasteiger partial charge >= 0.3 is 12.3 Å². The van der Waals surface area contributed by atoms with E-state index in [4.69, 9.17) is 0 Å². The maximum absolute atomic E-state index is 12.3. The number of anilines is 2. The second-order valence-electron chi connectivity index (χ2n) is 5.37. The van der Waals surface area contributed by atoms with Crippen LogP contribution in [0.25, 0.3) is 6.08 Å². The average molecular weight is 350 g/mol. The molecule has 0 radical (unpaired) electrons. The zero-order valence-corrected chi connectivity index (χ0v) is 13.0. The first-order chi connectivity index (χ1) is 11.7. The molecule has 0 saturated heterocycles. The lowest BCUT2D eigenvalue weighted by Crippen LogP contribution is -2.21. The van der Waals surface area contributed by atoms with Gasteiger partial charge in [0.15, 0.2) is 0 Å². The van der Waals surface area contributed by atoms with E-state index in [0.29, 0.717) is 22.8 Å². The summed E-state index contributed by atoms with van der Waals surface area (Å²) in [6, 6.07) is 6.80. The van der Waals surface area contributed by atoms with E-state index >= 15 is 0 Å². The molecule has 3 rings (SSSR count). The third kappa shape index (κ3) is 3.10. The highest BCUT2D eigenvalue weighted by Gasteiger charge is 2.31. The molecule has 1 aliphatic heterocycles. The molecule has 5 nitrogen and oxygen atoms in total. The molecule has 2 aromatic rings. The number of carbonyl (C=O) groups is 1. The second-order valence-corrected chi connectivity index (χ2v) is 5.37. The topological polar surface area (TPSA) is 54.7 Å². The molecule has 1 N–H and O–H groups in total. The van der Waals surface area contributed by atoms with Crippen LogP contribution >= 0.6 is 0 Å². The third-order valence-corrected chi connectivity index (χ3v) is 3.73. The Morgan fingerprint density at radius 3 is 2.40 bits per heavy atom. The largest absolute Gasteiger partial charge is 0.573 e. The number of carboxylic acids is 1. The summed E-state index contributed by atoms with van der Waals surface area (Å²) in [6.07, 6.45) is -1.32. The number of halogens is 3. The van der Waals surface area contributed by atoms with E-state index in [-0.39, 0.29) is 11.4 Å². The van der Waals surface area contributed by atoms with Gasteiger partial charge in [0.25, 0.3) is 0 Å². The van der Waals surface area contributed by atoms with E-state index in [2.05, 4.69) is 11.3 Å². The van der Waals surface area contributed by atoms with Crippen LogP contribution in [0.5, 0.6) is 5.75 Å². The van der Waals surface area contributed by atoms with E-state index in [1.165, 1.54) is 34.9 Å². The molecule has 25 heavy (non-hydrogen) atoms. The lowest BCUT2D eigenvalue weighted by Gasteiger charge is -2.29. The van der Waals surface area contributed by atoms with Crippen LogP contribution in [0.3, 0.4) is 0 Å². The summed E-state index contributed by atoms with van der Waals surface area (Å²) in [5.41, 5.74) is 1.84. The first-order valence-corrected chi connectivity index (χ1v) is 7.13. The minimum atomic E-state index is -4.76. The van der Waals surface area contributed by atoms with E-state index in [0.717, 1.165) is 0 Å². The van der Waals surface area contributed by atoms with E-state index in [1.54, 1.807) is 24.1 Å². The summed E-state index contributed by atoms with van der Waals surface area (Å²) < 4.78 is 42.2. The molecule has 1 aromatic carbocycles. The van der Waals surface area contributed by atoms with Crippen LogP contribution in [0.1, 0.15) is 16.1 Å². The molecule has 0 saturated carbocycles. The molecule has 0 spiro atoms. The maximum atomic E-state index is 12.3. The monoisotopic (exact) mass is 350 g/mol. The van der Waals surface area contributed by atoms with Gasteiger partial charge in [0.2, 0.25) is 0 Å². The second kappa shape index (κ2) is 5.73. The summed E-state index contributed by atoms with van der Waals surface area (Å²) in [7, 11) is 1.60. The molecule has 8 heteroatoms. The van der Waals surface area contributed by atoms with Crippen molar-refractivity contribution in [2.75, 3.05) is 4.90 Å². The van der Waals surface area contributed by atoms with E-state index < -0.39 is 12.3 Å². The smallest absolute Gasteiger partial charge is 0.477 e. The lowest BCUT2D eigenvalue weighted by atomic mass is 10.1. The molecule has 0 fully saturated rings.